The molecule has 1 aromatic rings. The molecule has 2 fully saturated rings. The molecule has 2 saturated carbocycles. The molecule has 174 valence electrons. The van der Waals surface area contributed by atoms with Crippen LogP contribution in [0.3, 0.4) is 0 Å². The first kappa shape index (κ1) is 24.0. The molecule has 0 saturated heterocycles. The van der Waals surface area contributed by atoms with Crippen molar-refractivity contribution in [2.75, 3.05) is 0 Å². The number of aliphatic carboxylic acids is 1. The maximum absolute atomic E-state index is 12.8. The SMILES string of the molecule is CC(=O)O[C@H]1CC[C@H](C(=O)O)[C@@H]2[C@H](OC(=O)/C=C/c3ccccc3)[C@H](C(C)C)CC[C@]21C. The number of benzene rings is 1. The Balaban J connectivity index is 1.93. The molecule has 0 unspecified atom stereocenters. The van der Waals surface area contributed by atoms with E-state index in [2.05, 4.69) is 13.8 Å². The molecule has 6 atom stereocenters. The van der Waals surface area contributed by atoms with Gasteiger partial charge in [-0.15, -0.1) is 0 Å². The van der Waals surface area contributed by atoms with Crippen molar-refractivity contribution in [3.63, 3.8) is 0 Å². The van der Waals surface area contributed by atoms with Crippen LogP contribution in [0.4, 0.5) is 0 Å². The highest BCUT2D eigenvalue weighted by Gasteiger charge is 2.60. The minimum atomic E-state index is -0.882. The van der Waals surface area contributed by atoms with Crippen molar-refractivity contribution in [3.05, 3.63) is 42.0 Å². The lowest BCUT2D eigenvalue weighted by Crippen LogP contribution is -2.60. The highest BCUT2D eigenvalue weighted by molar-refractivity contribution is 5.87. The highest BCUT2D eigenvalue weighted by atomic mass is 16.6. The van der Waals surface area contributed by atoms with E-state index in [1.807, 2.05) is 37.3 Å². The van der Waals surface area contributed by atoms with E-state index in [0.29, 0.717) is 12.8 Å². The van der Waals surface area contributed by atoms with Gasteiger partial charge in [0.05, 0.1) is 5.92 Å². The minimum Gasteiger partial charge on any atom is -0.481 e. The fraction of sp³-hybridized carbons (Fsp3) is 0.577. The number of carboxylic acid groups (broad SMARTS) is 1. The van der Waals surface area contributed by atoms with Crippen molar-refractivity contribution in [2.24, 2.45) is 29.1 Å². The van der Waals surface area contributed by atoms with Crippen LogP contribution in [0.15, 0.2) is 36.4 Å². The van der Waals surface area contributed by atoms with E-state index in [4.69, 9.17) is 9.47 Å². The van der Waals surface area contributed by atoms with Gasteiger partial charge in [-0.1, -0.05) is 51.1 Å². The van der Waals surface area contributed by atoms with Gasteiger partial charge in [-0.25, -0.2) is 4.79 Å². The van der Waals surface area contributed by atoms with Crippen LogP contribution in [0.2, 0.25) is 0 Å². The summed E-state index contributed by atoms with van der Waals surface area (Å²) in [6.07, 6.45) is 4.59. The maximum atomic E-state index is 12.8. The Hall–Kier alpha value is -2.63. The molecule has 0 bridgehead atoms. The average molecular weight is 443 g/mol. The number of carbonyl (C=O) groups is 3. The molecular formula is C26H34O6. The van der Waals surface area contributed by atoms with Gasteiger partial charge in [0.15, 0.2) is 0 Å². The van der Waals surface area contributed by atoms with E-state index >= 15 is 0 Å². The van der Waals surface area contributed by atoms with Crippen molar-refractivity contribution in [1.29, 1.82) is 0 Å². The first-order valence-electron chi connectivity index (χ1n) is 11.5. The average Bonchev–Trinajstić information content (AvgIpc) is 2.73. The Morgan fingerprint density at radius 2 is 1.78 bits per heavy atom. The number of ether oxygens (including phenoxy) is 2. The Bertz CT molecular complexity index is 860. The van der Waals surface area contributed by atoms with Gasteiger partial charge in [-0.05, 0) is 49.2 Å². The van der Waals surface area contributed by atoms with E-state index in [-0.39, 0.29) is 23.9 Å². The number of hydrogen-bond acceptors (Lipinski definition) is 5. The lowest BCUT2D eigenvalue weighted by molar-refractivity contribution is -0.205. The molecule has 3 rings (SSSR count). The number of carboxylic acids is 1. The zero-order valence-corrected chi connectivity index (χ0v) is 19.3. The fourth-order valence-corrected chi connectivity index (χ4v) is 5.80. The Kier molecular flexibility index (Phi) is 7.42. The lowest BCUT2D eigenvalue weighted by atomic mass is 9.51. The van der Waals surface area contributed by atoms with E-state index in [0.717, 1.165) is 18.4 Å². The van der Waals surface area contributed by atoms with Gasteiger partial charge in [-0.3, -0.25) is 9.59 Å². The smallest absolute Gasteiger partial charge is 0.331 e. The van der Waals surface area contributed by atoms with Gasteiger partial charge >= 0.3 is 17.9 Å². The summed E-state index contributed by atoms with van der Waals surface area (Å²) in [6.45, 7) is 7.54. The predicted molar refractivity (Wildman–Crippen MR) is 120 cm³/mol. The van der Waals surface area contributed by atoms with Gasteiger partial charge in [0.2, 0.25) is 0 Å². The fourth-order valence-electron chi connectivity index (χ4n) is 5.80. The molecular weight excluding hydrogens is 408 g/mol. The van der Waals surface area contributed by atoms with Crippen LogP contribution < -0.4 is 0 Å². The highest BCUT2D eigenvalue weighted by Crippen LogP contribution is 2.57. The van der Waals surface area contributed by atoms with Crippen molar-refractivity contribution < 1.29 is 29.0 Å². The van der Waals surface area contributed by atoms with Crippen LogP contribution in [0, 0.1) is 29.1 Å². The second kappa shape index (κ2) is 9.88. The van der Waals surface area contributed by atoms with Crippen LogP contribution >= 0.6 is 0 Å². The van der Waals surface area contributed by atoms with Crippen LogP contribution in [0.5, 0.6) is 0 Å². The minimum absolute atomic E-state index is 0.0417. The molecule has 0 heterocycles. The van der Waals surface area contributed by atoms with Gasteiger partial charge < -0.3 is 14.6 Å². The van der Waals surface area contributed by atoms with E-state index in [9.17, 15) is 19.5 Å². The first-order valence-corrected chi connectivity index (χ1v) is 11.5. The summed E-state index contributed by atoms with van der Waals surface area (Å²) in [7, 11) is 0. The normalized spacial score (nSPS) is 32.3. The summed E-state index contributed by atoms with van der Waals surface area (Å²) in [5.41, 5.74) is 0.321. The van der Waals surface area contributed by atoms with Crippen molar-refractivity contribution in [2.45, 2.75) is 65.6 Å². The van der Waals surface area contributed by atoms with E-state index < -0.39 is 35.3 Å². The monoisotopic (exact) mass is 442 g/mol. The molecule has 1 aromatic carbocycles. The van der Waals surface area contributed by atoms with Crippen molar-refractivity contribution >= 4 is 24.0 Å². The molecule has 6 nitrogen and oxygen atoms in total. The maximum Gasteiger partial charge on any atom is 0.331 e. The molecule has 0 aliphatic heterocycles. The van der Waals surface area contributed by atoms with Crippen LogP contribution in [-0.2, 0) is 23.9 Å². The van der Waals surface area contributed by atoms with Crippen LogP contribution in [0.1, 0.15) is 58.9 Å². The summed E-state index contributed by atoms with van der Waals surface area (Å²) < 4.78 is 11.7. The van der Waals surface area contributed by atoms with E-state index in [1.165, 1.54) is 13.0 Å². The second-order valence-electron chi connectivity index (χ2n) is 9.74. The van der Waals surface area contributed by atoms with Gasteiger partial charge in [0.25, 0.3) is 0 Å². The standard InChI is InChI=1S/C26H34O6/c1-16(2)19-14-15-26(4)21(31-17(3)27)12-11-20(25(29)30)23(26)24(19)32-22(28)13-10-18-8-6-5-7-9-18/h5-10,13,16,19-21,23-24H,11-12,14-15H2,1-4H3,(H,29,30)/b13-10+/t19-,20-,21-,23+,24+,26-/m0/s1. The van der Waals surface area contributed by atoms with Crippen LogP contribution in [0.25, 0.3) is 6.08 Å². The molecule has 1 N–H and O–H groups in total. The molecule has 32 heavy (non-hydrogen) atoms. The summed E-state index contributed by atoms with van der Waals surface area (Å²) >= 11 is 0. The van der Waals surface area contributed by atoms with Crippen molar-refractivity contribution in [3.8, 4) is 0 Å². The zero-order valence-electron chi connectivity index (χ0n) is 19.3. The quantitative estimate of drug-likeness (QED) is 0.506. The number of hydrogen-bond donors (Lipinski definition) is 1. The third kappa shape index (κ3) is 5.05. The van der Waals surface area contributed by atoms with Gasteiger partial charge in [-0.2, -0.15) is 0 Å². The number of rotatable bonds is 6. The first-order chi connectivity index (χ1) is 15.1. The largest absolute Gasteiger partial charge is 0.481 e. The third-order valence-electron chi connectivity index (χ3n) is 7.41. The van der Waals surface area contributed by atoms with Gasteiger partial charge in [0.1, 0.15) is 12.2 Å². The lowest BCUT2D eigenvalue weighted by Gasteiger charge is -2.56. The summed E-state index contributed by atoms with van der Waals surface area (Å²) in [5, 5.41) is 10.0. The topological polar surface area (TPSA) is 89.9 Å². The van der Waals surface area contributed by atoms with Crippen LogP contribution in [-0.4, -0.2) is 35.2 Å². The Morgan fingerprint density at radius 3 is 2.38 bits per heavy atom. The second-order valence-corrected chi connectivity index (χ2v) is 9.74. The summed E-state index contributed by atoms with van der Waals surface area (Å²) in [6, 6.07) is 9.47. The van der Waals surface area contributed by atoms with Crippen molar-refractivity contribution in [1.82, 2.24) is 0 Å². The summed E-state index contributed by atoms with van der Waals surface area (Å²) in [5.74, 6) is -2.54. The number of fused-ring (bicyclic) bond motifs is 1. The van der Waals surface area contributed by atoms with Gasteiger partial charge in [0, 0.05) is 24.3 Å². The molecule has 0 amide bonds. The molecule has 2 aliphatic rings. The molecule has 0 aromatic heterocycles. The number of esters is 2. The summed E-state index contributed by atoms with van der Waals surface area (Å²) in [4.78, 5) is 36.8. The van der Waals surface area contributed by atoms with E-state index in [1.54, 1.807) is 6.08 Å². The zero-order chi connectivity index (χ0) is 23.5. The Labute approximate surface area is 190 Å². The molecule has 6 heteroatoms. The molecule has 0 radical (unpaired) electrons. The Morgan fingerprint density at radius 1 is 1.09 bits per heavy atom. The predicted octanol–water partition coefficient (Wildman–Crippen LogP) is 4.73. The third-order valence-corrected chi connectivity index (χ3v) is 7.41. The molecule has 0 spiro atoms. The molecule has 2 aliphatic carbocycles. The number of carbonyl (C=O) groups excluding carboxylic acids is 2.